The first kappa shape index (κ1) is 25.1. The number of likely N-dealkylation sites (N-methyl/N-ethyl adjacent to an activating group) is 1. The summed E-state index contributed by atoms with van der Waals surface area (Å²) in [5.74, 6) is -3.19. The highest BCUT2D eigenvalue weighted by molar-refractivity contribution is 14.1. The highest BCUT2D eigenvalue weighted by atomic mass is 127. The molecule has 0 aliphatic carbocycles. The first-order valence-electron chi connectivity index (χ1n) is 10.0. The third kappa shape index (κ3) is 6.73. The van der Waals surface area contributed by atoms with E-state index < -0.39 is 36.0 Å². The molecule has 176 valence electrons. The van der Waals surface area contributed by atoms with Gasteiger partial charge in [0.2, 0.25) is 5.91 Å². The third-order valence-corrected chi connectivity index (χ3v) is 5.34. The number of hydrogen-bond donors (Lipinski definition) is 2. The first-order chi connectivity index (χ1) is 16.2. The molecule has 0 unspecified atom stereocenters. The fourth-order valence-electron chi connectivity index (χ4n) is 2.89. The van der Waals surface area contributed by atoms with Gasteiger partial charge in [0.05, 0.1) is 17.8 Å². The van der Waals surface area contributed by atoms with E-state index in [1.807, 2.05) is 28.7 Å². The molecule has 3 aromatic carbocycles. The maximum Gasteiger partial charge on any atom is 0.262 e. The van der Waals surface area contributed by atoms with Crippen LogP contribution >= 0.6 is 22.6 Å². The van der Waals surface area contributed by atoms with Crippen LogP contribution in [-0.4, -0.2) is 37.9 Å². The minimum atomic E-state index is -0.756. The van der Waals surface area contributed by atoms with Gasteiger partial charge in [-0.2, -0.15) is 0 Å². The summed E-state index contributed by atoms with van der Waals surface area (Å²) in [5, 5.41) is 4.80. The van der Waals surface area contributed by atoms with Gasteiger partial charge in [0, 0.05) is 16.3 Å². The molecule has 3 amide bonds. The highest BCUT2D eigenvalue weighted by Gasteiger charge is 2.18. The molecule has 3 aromatic rings. The average Bonchev–Trinajstić information content (AvgIpc) is 2.83. The number of nitrogens with zero attached hydrogens (tertiary/aromatic N) is 1. The maximum atomic E-state index is 13.9. The van der Waals surface area contributed by atoms with Crippen LogP contribution in [0, 0.1) is 15.2 Å². The number of carbonyl (C=O) groups is 3. The molecule has 34 heavy (non-hydrogen) atoms. The Morgan fingerprint density at radius 2 is 1.74 bits per heavy atom. The summed E-state index contributed by atoms with van der Waals surface area (Å²) >= 11 is 1.94. The van der Waals surface area contributed by atoms with Crippen LogP contribution in [0.25, 0.3) is 0 Å². The lowest BCUT2D eigenvalue weighted by Crippen LogP contribution is -2.38. The van der Waals surface area contributed by atoms with Gasteiger partial charge in [0.1, 0.15) is 17.4 Å². The van der Waals surface area contributed by atoms with E-state index in [9.17, 15) is 23.2 Å². The minimum Gasteiger partial charge on any atom is -0.483 e. The largest absolute Gasteiger partial charge is 0.483 e. The molecule has 0 atom stereocenters. The molecule has 0 bridgehead atoms. The van der Waals surface area contributed by atoms with Crippen molar-refractivity contribution in [2.24, 2.45) is 0 Å². The van der Waals surface area contributed by atoms with Gasteiger partial charge in [-0.05, 0) is 71.1 Å². The quantitative estimate of drug-likeness (QED) is 0.396. The van der Waals surface area contributed by atoms with E-state index >= 15 is 0 Å². The second kappa shape index (κ2) is 11.5. The topological polar surface area (TPSA) is 87.7 Å². The number of rotatable bonds is 8. The second-order valence-corrected chi connectivity index (χ2v) is 8.32. The number of para-hydroxylation sites is 1. The van der Waals surface area contributed by atoms with Gasteiger partial charge < -0.3 is 20.3 Å². The molecule has 0 aromatic heterocycles. The van der Waals surface area contributed by atoms with Crippen LogP contribution in [0.1, 0.15) is 10.4 Å². The molecule has 7 nitrogen and oxygen atoms in total. The molecule has 0 saturated heterocycles. The van der Waals surface area contributed by atoms with Crippen LogP contribution in [0.15, 0.2) is 66.7 Å². The van der Waals surface area contributed by atoms with Gasteiger partial charge in [-0.1, -0.05) is 18.2 Å². The van der Waals surface area contributed by atoms with Crippen molar-refractivity contribution in [3.63, 3.8) is 0 Å². The first-order valence-corrected chi connectivity index (χ1v) is 11.1. The fraction of sp³-hybridized carbons (Fsp3) is 0.125. The molecular formula is C24H20F2IN3O4. The number of ether oxygens (including phenoxy) is 1. The number of anilines is 2. The molecule has 0 fully saturated rings. The van der Waals surface area contributed by atoms with E-state index in [-0.39, 0.29) is 23.5 Å². The van der Waals surface area contributed by atoms with Crippen LogP contribution in [0.2, 0.25) is 0 Å². The fourth-order valence-corrected chi connectivity index (χ4v) is 3.34. The normalized spacial score (nSPS) is 10.4. The van der Waals surface area contributed by atoms with Crippen molar-refractivity contribution in [2.45, 2.75) is 0 Å². The molecule has 0 heterocycles. The van der Waals surface area contributed by atoms with Crippen molar-refractivity contribution >= 4 is 51.7 Å². The summed E-state index contributed by atoms with van der Waals surface area (Å²) < 4.78 is 33.7. The number of benzene rings is 3. The molecule has 2 N–H and O–H groups in total. The Bertz CT molecular complexity index is 1210. The number of halogens is 3. The Labute approximate surface area is 208 Å². The summed E-state index contributed by atoms with van der Waals surface area (Å²) in [6.07, 6.45) is 0. The molecule has 0 aliphatic heterocycles. The van der Waals surface area contributed by atoms with Crippen LogP contribution in [-0.2, 0) is 9.59 Å². The van der Waals surface area contributed by atoms with Crippen LogP contribution in [0.5, 0.6) is 5.75 Å². The van der Waals surface area contributed by atoms with E-state index in [4.69, 9.17) is 4.74 Å². The van der Waals surface area contributed by atoms with E-state index in [1.165, 1.54) is 23.1 Å². The predicted molar refractivity (Wildman–Crippen MR) is 132 cm³/mol. The lowest BCUT2D eigenvalue weighted by molar-refractivity contribution is -0.118. The van der Waals surface area contributed by atoms with Gasteiger partial charge in [0.25, 0.3) is 11.8 Å². The Morgan fingerprint density at radius 3 is 2.44 bits per heavy atom. The summed E-state index contributed by atoms with van der Waals surface area (Å²) in [7, 11) is 1.57. The smallest absolute Gasteiger partial charge is 0.262 e. The molecule has 10 heteroatoms. The van der Waals surface area contributed by atoms with Crippen LogP contribution < -0.4 is 20.3 Å². The summed E-state index contributed by atoms with van der Waals surface area (Å²) in [4.78, 5) is 38.5. The third-order valence-electron chi connectivity index (χ3n) is 4.67. The lowest BCUT2D eigenvalue weighted by atomic mass is 10.2. The number of nitrogens with one attached hydrogen (secondary N) is 2. The monoisotopic (exact) mass is 579 g/mol. The SMILES string of the molecule is CN(C(=O)CNC(=O)c1cc(F)ccc1OCC(=O)Nc1ccc(I)cc1F)c1ccccc1. The molecule has 0 aliphatic rings. The van der Waals surface area contributed by atoms with Gasteiger partial charge in [-0.25, -0.2) is 8.78 Å². The summed E-state index contributed by atoms with van der Waals surface area (Å²) in [6, 6.07) is 16.3. The maximum absolute atomic E-state index is 13.9. The van der Waals surface area contributed by atoms with Crippen molar-refractivity contribution in [2.75, 3.05) is 30.4 Å². The van der Waals surface area contributed by atoms with Crippen molar-refractivity contribution < 1.29 is 27.9 Å². The van der Waals surface area contributed by atoms with Gasteiger partial charge in [0.15, 0.2) is 6.61 Å². The predicted octanol–water partition coefficient (Wildman–Crippen LogP) is 3.98. The average molecular weight is 579 g/mol. The van der Waals surface area contributed by atoms with Crippen molar-refractivity contribution in [3.8, 4) is 5.75 Å². The number of amides is 3. The molecule has 0 saturated carbocycles. The van der Waals surface area contributed by atoms with E-state index in [0.29, 0.717) is 9.26 Å². The highest BCUT2D eigenvalue weighted by Crippen LogP contribution is 2.21. The number of hydrogen-bond acceptors (Lipinski definition) is 4. The summed E-state index contributed by atoms with van der Waals surface area (Å²) in [5.41, 5.74) is 0.433. The zero-order valence-corrected chi connectivity index (χ0v) is 20.1. The van der Waals surface area contributed by atoms with E-state index in [2.05, 4.69) is 10.6 Å². The van der Waals surface area contributed by atoms with E-state index in [1.54, 1.807) is 37.4 Å². The summed E-state index contributed by atoms with van der Waals surface area (Å²) in [6.45, 7) is -0.889. The molecule has 0 radical (unpaired) electrons. The van der Waals surface area contributed by atoms with Crippen LogP contribution in [0.3, 0.4) is 0 Å². The Morgan fingerprint density at radius 1 is 1.00 bits per heavy atom. The van der Waals surface area contributed by atoms with Crippen molar-refractivity contribution in [3.05, 3.63) is 87.5 Å². The van der Waals surface area contributed by atoms with Crippen molar-refractivity contribution in [1.29, 1.82) is 0 Å². The molecule has 0 spiro atoms. The minimum absolute atomic E-state index is 0.0212. The Balaban J connectivity index is 1.61. The second-order valence-electron chi connectivity index (χ2n) is 7.07. The number of carbonyl (C=O) groups excluding carboxylic acids is 3. The van der Waals surface area contributed by atoms with Gasteiger partial charge >= 0.3 is 0 Å². The Hall–Kier alpha value is -3.54. The van der Waals surface area contributed by atoms with Gasteiger partial charge in [-0.3, -0.25) is 14.4 Å². The Kier molecular flexibility index (Phi) is 8.52. The van der Waals surface area contributed by atoms with E-state index in [0.717, 1.165) is 12.1 Å². The molecule has 3 rings (SSSR count). The van der Waals surface area contributed by atoms with Crippen LogP contribution in [0.4, 0.5) is 20.2 Å². The zero-order chi connectivity index (χ0) is 24.7. The van der Waals surface area contributed by atoms with Gasteiger partial charge in [-0.15, -0.1) is 0 Å². The van der Waals surface area contributed by atoms with Crippen molar-refractivity contribution in [1.82, 2.24) is 5.32 Å². The lowest BCUT2D eigenvalue weighted by Gasteiger charge is -2.18. The zero-order valence-electron chi connectivity index (χ0n) is 18.0. The standard InChI is InChI=1S/C24H20F2IN3O4/c1-30(17-5-3-2-4-6-17)23(32)13-28-24(33)18-11-15(25)7-10-21(18)34-14-22(31)29-20-9-8-16(27)12-19(20)26/h2-12H,13-14H2,1H3,(H,28,33)(H,29,31). The molecular weight excluding hydrogens is 559 g/mol.